The normalized spacial score (nSPS) is 16.9. The van der Waals surface area contributed by atoms with Crippen LogP contribution in [0.1, 0.15) is 24.8 Å². The quantitative estimate of drug-likeness (QED) is 0.442. The van der Waals surface area contributed by atoms with Gasteiger partial charge in [-0.25, -0.2) is 9.37 Å². The average molecular weight is 444 g/mol. The van der Waals surface area contributed by atoms with Crippen LogP contribution in [0.4, 0.5) is 10.1 Å². The second-order valence-electron chi connectivity index (χ2n) is 7.80. The second kappa shape index (κ2) is 8.78. The summed E-state index contributed by atoms with van der Waals surface area (Å²) < 4.78 is 18.6. The lowest BCUT2D eigenvalue weighted by atomic mass is 9.99. The predicted molar refractivity (Wildman–Crippen MR) is 120 cm³/mol. The standard InChI is InChI=1S/C24H21FN6O2/c1-2-33-22-10-5-15(13-26-22)18-9-8-17(11-20(18)23-28-30-31-29-23)27-24(32)21-12-19(21)14-3-6-16(25)7-4-14/h3-11,13,19,21H,2,12H2,1H3,(H,27,32)(H,28,29,30,31). The van der Waals surface area contributed by atoms with Crippen LogP contribution in [0.3, 0.4) is 0 Å². The van der Waals surface area contributed by atoms with E-state index in [1.54, 1.807) is 24.4 Å². The third kappa shape index (κ3) is 4.43. The summed E-state index contributed by atoms with van der Waals surface area (Å²) in [6, 6.07) is 15.6. The third-order valence-corrected chi connectivity index (χ3v) is 5.64. The molecular formula is C24H21FN6O2. The predicted octanol–water partition coefficient (Wildman–Crippen LogP) is 4.21. The van der Waals surface area contributed by atoms with Crippen LogP contribution in [0.25, 0.3) is 22.5 Å². The van der Waals surface area contributed by atoms with Gasteiger partial charge in [0.05, 0.1) is 6.61 Å². The number of amides is 1. The molecule has 2 aromatic heterocycles. The minimum Gasteiger partial charge on any atom is -0.478 e. The fraction of sp³-hybridized carbons (Fsp3) is 0.208. The molecule has 1 aliphatic carbocycles. The van der Waals surface area contributed by atoms with Crippen molar-refractivity contribution in [3.8, 4) is 28.4 Å². The summed E-state index contributed by atoms with van der Waals surface area (Å²) in [5.74, 6) is 0.573. The Morgan fingerprint density at radius 1 is 1.15 bits per heavy atom. The molecule has 1 aliphatic rings. The Kier molecular flexibility index (Phi) is 5.52. The van der Waals surface area contributed by atoms with Gasteiger partial charge in [-0.05, 0) is 65.9 Å². The SMILES string of the molecule is CCOc1ccc(-c2ccc(NC(=O)C3CC3c3ccc(F)cc3)cc2-c2nn[nH]n2)cn1. The van der Waals surface area contributed by atoms with Crippen molar-refractivity contribution in [3.63, 3.8) is 0 Å². The molecule has 2 heterocycles. The lowest BCUT2D eigenvalue weighted by molar-refractivity contribution is -0.117. The van der Waals surface area contributed by atoms with Crippen molar-refractivity contribution in [3.05, 3.63) is 72.2 Å². The molecule has 0 spiro atoms. The van der Waals surface area contributed by atoms with Gasteiger partial charge in [0.25, 0.3) is 0 Å². The molecule has 166 valence electrons. The summed E-state index contributed by atoms with van der Waals surface area (Å²) in [7, 11) is 0. The molecular weight excluding hydrogens is 423 g/mol. The van der Waals surface area contributed by atoms with Gasteiger partial charge in [0, 0.05) is 35.0 Å². The zero-order chi connectivity index (χ0) is 22.8. The van der Waals surface area contributed by atoms with E-state index < -0.39 is 0 Å². The van der Waals surface area contributed by atoms with E-state index in [2.05, 4.69) is 30.9 Å². The molecule has 2 unspecified atom stereocenters. The fourth-order valence-corrected chi connectivity index (χ4v) is 3.91. The molecule has 2 N–H and O–H groups in total. The first-order valence-corrected chi connectivity index (χ1v) is 10.7. The summed E-state index contributed by atoms with van der Waals surface area (Å²) in [6.45, 7) is 2.44. The van der Waals surface area contributed by atoms with Crippen LogP contribution in [0.2, 0.25) is 0 Å². The third-order valence-electron chi connectivity index (χ3n) is 5.64. The number of nitrogens with zero attached hydrogens (tertiary/aromatic N) is 4. The number of nitrogens with one attached hydrogen (secondary N) is 2. The smallest absolute Gasteiger partial charge is 0.228 e. The first-order chi connectivity index (χ1) is 16.1. The zero-order valence-corrected chi connectivity index (χ0v) is 17.8. The molecule has 9 heteroatoms. The van der Waals surface area contributed by atoms with E-state index >= 15 is 0 Å². The van der Waals surface area contributed by atoms with E-state index in [1.807, 2.05) is 31.2 Å². The van der Waals surface area contributed by atoms with Crippen LogP contribution in [0, 0.1) is 11.7 Å². The number of anilines is 1. The van der Waals surface area contributed by atoms with Crippen LogP contribution >= 0.6 is 0 Å². The van der Waals surface area contributed by atoms with Crippen molar-refractivity contribution in [1.29, 1.82) is 0 Å². The molecule has 1 amide bonds. The van der Waals surface area contributed by atoms with E-state index in [0.717, 1.165) is 23.1 Å². The molecule has 1 saturated carbocycles. The molecule has 0 radical (unpaired) electrons. The Morgan fingerprint density at radius 3 is 2.70 bits per heavy atom. The highest BCUT2D eigenvalue weighted by Crippen LogP contribution is 2.48. The Morgan fingerprint density at radius 2 is 2.00 bits per heavy atom. The molecule has 0 saturated heterocycles. The number of rotatable bonds is 7. The molecule has 33 heavy (non-hydrogen) atoms. The maximum absolute atomic E-state index is 13.2. The maximum atomic E-state index is 13.2. The first kappa shape index (κ1) is 20.7. The number of tetrazole rings is 1. The minimum absolute atomic E-state index is 0.0705. The van der Waals surface area contributed by atoms with Gasteiger partial charge in [-0.2, -0.15) is 5.21 Å². The van der Waals surface area contributed by atoms with Crippen LogP contribution in [-0.2, 0) is 4.79 Å². The summed E-state index contributed by atoms with van der Waals surface area (Å²) in [4.78, 5) is 17.2. The number of aromatic nitrogens is 5. The van der Waals surface area contributed by atoms with Gasteiger partial charge in [-0.1, -0.05) is 18.2 Å². The number of benzene rings is 2. The molecule has 8 nitrogen and oxygen atoms in total. The Bertz CT molecular complexity index is 1260. The highest BCUT2D eigenvalue weighted by atomic mass is 19.1. The number of pyridine rings is 1. The minimum atomic E-state index is -0.280. The monoisotopic (exact) mass is 444 g/mol. The van der Waals surface area contributed by atoms with Crippen molar-refractivity contribution >= 4 is 11.6 Å². The van der Waals surface area contributed by atoms with E-state index in [-0.39, 0.29) is 23.6 Å². The number of carbonyl (C=O) groups excluding carboxylic acids is 1. The Hall–Kier alpha value is -4.14. The molecule has 2 aromatic carbocycles. The van der Waals surface area contributed by atoms with Gasteiger partial charge in [-0.15, -0.1) is 10.2 Å². The first-order valence-electron chi connectivity index (χ1n) is 10.7. The van der Waals surface area contributed by atoms with Crippen LogP contribution in [0.15, 0.2) is 60.8 Å². The highest BCUT2D eigenvalue weighted by Gasteiger charge is 2.43. The topological polar surface area (TPSA) is 106 Å². The summed E-state index contributed by atoms with van der Waals surface area (Å²) in [5, 5.41) is 17.3. The van der Waals surface area contributed by atoms with Crippen molar-refractivity contribution in [2.45, 2.75) is 19.3 Å². The van der Waals surface area contributed by atoms with Gasteiger partial charge in [0.2, 0.25) is 17.6 Å². The molecule has 0 bridgehead atoms. The van der Waals surface area contributed by atoms with Crippen molar-refractivity contribution in [2.24, 2.45) is 5.92 Å². The second-order valence-corrected chi connectivity index (χ2v) is 7.80. The van der Waals surface area contributed by atoms with Crippen molar-refractivity contribution in [2.75, 3.05) is 11.9 Å². The van der Waals surface area contributed by atoms with Crippen LogP contribution in [0.5, 0.6) is 5.88 Å². The molecule has 2 atom stereocenters. The van der Waals surface area contributed by atoms with E-state index in [4.69, 9.17) is 4.74 Å². The van der Waals surface area contributed by atoms with Crippen molar-refractivity contribution < 1.29 is 13.9 Å². The number of halogens is 1. The average Bonchev–Trinajstić information content (AvgIpc) is 3.45. The van der Waals surface area contributed by atoms with Gasteiger partial charge >= 0.3 is 0 Å². The highest BCUT2D eigenvalue weighted by molar-refractivity contribution is 5.96. The van der Waals surface area contributed by atoms with Gasteiger partial charge < -0.3 is 10.1 Å². The number of ether oxygens (including phenoxy) is 1. The lowest BCUT2D eigenvalue weighted by Gasteiger charge is -2.11. The largest absolute Gasteiger partial charge is 0.478 e. The summed E-state index contributed by atoms with van der Waals surface area (Å²) in [6.07, 6.45) is 2.46. The number of H-pyrrole nitrogens is 1. The Labute approximate surface area is 189 Å². The van der Waals surface area contributed by atoms with Gasteiger partial charge in [0.1, 0.15) is 5.82 Å². The number of carbonyl (C=O) groups is 1. The molecule has 1 fully saturated rings. The Balaban J connectivity index is 1.37. The lowest BCUT2D eigenvalue weighted by Crippen LogP contribution is -2.14. The molecule has 5 rings (SSSR count). The van der Waals surface area contributed by atoms with Crippen LogP contribution in [-0.4, -0.2) is 38.1 Å². The van der Waals surface area contributed by atoms with Gasteiger partial charge in [-0.3, -0.25) is 4.79 Å². The zero-order valence-electron chi connectivity index (χ0n) is 17.8. The van der Waals surface area contributed by atoms with Gasteiger partial charge in [0.15, 0.2) is 0 Å². The maximum Gasteiger partial charge on any atom is 0.228 e. The summed E-state index contributed by atoms with van der Waals surface area (Å²) >= 11 is 0. The summed E-state index contributed by atoms with van der Waals surface area (Å²) in [5.41, 5.74) is 4.02. The number of aromatic amines is 1. The molecule has 0 aliphatic heterocycles. The van der Waals surface area contributed by atoms with Crippen LogP contribution < -0.4 is 10.1 Å². The number of hydrogen-bond donors (Lipinski definition) is 2. The fourth-order valence-electron chi connectivity index (χ4n) is 3.91. The molecule has 4 aromatic rings. The van der Waals surface area contributed by atoms with E-state index in [9.17, 15) is 9.18 Å². The van der Waals surface area contributed by atoms with E-state index in [1.165, 1.54) is 12.1 Å². The van der Waals surface area contributed by atoms with E-state index in [0.29, 0.717) is 29.6 Å². The van der Waals surface area contributed by atoms with Crippen molar-refractivity contribution in [1.82, 2.24) is 25.6 Å². The number of hydrogen-bond acceptors (Lipinski definition) is 6.